The minimum Gasteiger partial charge on any atom is -0.368 e. The van der Waals surface area contributed by atoms with Crippen molar-refractivity contribution >= 4 is 33.3 Å². The Morgan fingerprint density at radius 1 is 1.53 bits per heavy atom. The molecule has 0 bridgehead atoms. The van der Waals surface area contributed by atoms with E-state index in [-0.39, 0.29) is 11.9 Å². The molecule has 0 aromatic carbocycles. The van der Waals surface area contributed by atoms with Crippen molar-refractivity contribution < 1.29 is 0 Å². The van der Waals surface area contributed by atoms with Gasteiger partial charge in [-0.2, -0.15) is 10.2 Å². The number of nitrogens with zero attached hydrogens (tertiary/aromatic N) is 4. The molecule has 2 rings (SSSR count). The van der Waals surface area contributed by atoms with E-state index < -0.39 is 0 Å². The average molecular weight is 275 g/mol. The van der Waals surface area contributed by atoms with Gasteiger partial charge in [0.2, 0.25) is 5.95 Å². The average Bonchev–Trinajstić information content (AvgIpc) is 2.74. The first kappa shape index (κ1) is 13.6. The van der Waals surface area contributed by atoms with Crippen LogP contribution in [-0.2, 0) is 0 Å². The first-order chi connectivity index (χ1) is 9.05. The van der Waals surface area contributed by atoms with E-state index in [1.54, 1.807) is 11.3 Å². The lowest BCUT2D eigenvalue weighted by Gasteiger charge is -2.23. The molecule has 0 aliphatic rings. The molecule has 19 heavy (non-hydrogen) atoms. The fourth-order valence-corrected chi connectivity index (χ4v) is 2.90. The largest absolute Gasteiger partial charge is 0.368 e. The number of thiophene rings is 1. The second-order valence-corrected chi connectivity index (χ2v) is 5.78. The highest BCUT2D eigenvalue weighted by Gasteiger charge is 2.16. The van der Waals surface area contributed by atoms with Gasteiger partial charge in [-0.1, -0.05) is 0 Å². The highest BCUT2D eigenvalue weighted by Crippen LogP contribution is 2.31. The third-order valence-electron chi connectivity index (χ3n) is 2.91. The number of fused-ring (bicyclic) bond motifs is 1. The Hall–Kier alpha value is -1.87. The molecular weight excluding hydrogens is 258 g/mol. The maximum atomic E-state index is 8.97. The van der Waals surface area contributed by atoms with Crippen LogP contribution in [0.3, 0.4) is 0 Å². The molecule has 100 valence electrons. The van der Waals surface area contributed by atoms with Crippen molar-refractivity contribution in [3.63, 3.8) is 0 Å². The summed E-state index contributed by atoms with van der Waals surface area (Å²) >= 11 is 1.61. The zero-order chi connectivity index (χ0) is 14.0. The standard InChI is InChI=1S/C13H17N5S/c1-4-18(7-8(2)6-14)11-10-5-9(3)19-12(10)17-13(15)16-11/h5,8H,4,7H2,1-3H3,(H2,15,16,17). The predicted octanol–water partition coefficient (Wildman–Crippen LogP) is 2.57. The molecule has 0 saturated heterocycles. The lowest BCUT2D eigenvalue weighted by molar-refractivity contribution is 0.681. The Labute approximate surface area is 116 Å². The number of anilines is 2. The highest BCUT2D eigenvalue weighted by atomic mass is 32.1. The molecule has 1 atom stereocenters. The van der Waals surface area contributed by atoms with E-state index in [1.807, 2.05) is 20.8 Å². The lowest BCUT2D eigenvalue weighted by Crippen LogP contribution is -2.29. The molecule has 2 aromatic heterocycles. The zero-order valence-corrected chi connectivity index (χ0v) is 12.2. The number of hydrogen-bond acceptors (Lipinski definition) is 6. The van der Waals surface area contributed by atoms with Crippen molar-refractivity contribution in [1.29, 1.82) is 5.26 Å². The molecule has 2 aromatic rings. The van der Waals surface area contributed by atoms with E-state index in [0.29, 0.717) is 6.54 Å². The number of rotatable bonds is 4. The molecule has 5 nitrogen and oxygen atoms in total. The molecule has 0 radical (unpaired) electrons. The normalized spacial score (nSPS) is 12.3. The summed E-state index contributed by atoms with van der Waals surface area (Å²) in [5.74, 6) is 1.06. The molecule has 0 aliphatic carbocycles. The molecule has 1 unspecified atom stereocenters. The third-order valence-corrected chi connectivity index (χ3v) is 3.85. The summed E-state index contributed by atoms with van der Waals surface area (Å²) in [6.07, 6.45) is 0. The second-order valence-electron chi connectivity index (χ2n) is 4.55. The Morgan fingerprint density at radius 3 is 2.89 bits per heavy atom. The van der Waals surface area contributed by atoms with Crippen molar-refractivity contribution in [1.82, 2.24) is 9.97 Å². The molecule has 0 amide bonds. The topological polar surface area (TPSA) is 78.8 Å². The van der Waals surface area contributed by atoms with Gasteiger partial charge >= 0.3 is 0 Å². The van der Waals surface area contributed by atoms with Gasteiger partial charge in [0.25, 0.3) is 0 Å². The summed E-state index contributed by atoms with van der Waals surface area (Å²) in [6, 6.07) is 4.33. The van der Waals surface area contributed by atoms with Gasteiger partial charge < -0.3 is 10.6 Å². The Morgan fingerprint density at radius 2 is 2.26 bits per heavy atom. The van der Waals surface area contributed by atoms with Crippen LogP contribution >= 0.6 is 11.3 Å². The maximum Gasteiger partial charge on any atom is 0.223 e. The van der Waals surface area contributed by atoms with Gasteiger partial charge in [0.05, 0.1) is 17.4 Å². The van der Waals surface area contributed by atoms with E-state index in [9.17, 15) is 0 Å². The Kier molecular flexibility index (Phi) is 3.86. The monoisotopic (exact) mass is 275 g/mol. The summed E-state index contributed by atoms with van der Waals surface area (Å²) in [7, 11) is 0. The number of hydrogen-bond donors (Lipinski definition) is 1. The minimum atomic E-state index is -0.0501. The quantitative estimate of drug-likeness (QED) is 0.927. The summed E-state index contributed by atoms with van der Waals surface area (Å²) in [5.41, 5.74) is 5.78. The second kappa shape index (κ2) is 5.41. The van der Waals surface area contributed by atoms with Crippen LogP contribution in [-0.4, -0.2) is 23.1 Å². The molecule has 0 fully saturated rings. The summed E-state index contributed by atoms with van der Waals surface area (Å²) in [4.78, 5) is 12.8. The number of aryl methyl sites for hydroxylation is 1. The fourth-order valence-electron chi connectivity index (χ4n) is 2.02. The van der Waals surface area contributed by atoms with Gasteiger partial charge in [-0.15, -0.1) is 11.3 Å². The van der Waals surface area contributed by atoms with E-state index >= 15 is 0 Å². The maximum absolute atomic E-state index is 8.97. The van der Waals surface area contributed by atoms with Gasteiger partial charge in [-0.25, -0.2) is 4.98 Å². The molecule has 0 aliphatic heterocycles. The Balaban J connectivity index is 2.50. The van der Waals surface area contributed by atoms with Crippen molar-refractivity contribution in [3.05, 3.63) is 10.9 Å². The van der Waals surface area contributed by atoms with Crippen molar-refractivity contribution in [3.8, 4) is 6.07 Å². The lowest BCUT2D eigenvalue weighted by atomic mass is 10.2. The molecule has 0 spiro atoms. The summed E-state index contributed by atoms with van der Waals surface area (Å²) < 4.78 is 0. The van der Waals surface area contributed by atoms with Crippen LogP contribution in [0.4, 0.5) is 11.8 Å². The smallest absolute Gasteiger partial charge is 0.223 e. The van der Waals surface area contributed by atoms with E-state index in [1.165, 1.54) is 4.88 Å². The number of aromatic nitrogens is 2. The molecule has 0 saturated carbocycles. The Bertz CT molecular complexity index is 628. The van der Waals surface area contributed by atoms with Gasteiger partial charge in [0, 0.05) is 18.0 Å². The van der Waals surface area contributed by atoms with Gasteiger partial charge in [-0.05, 0) is 26.8 Å². The summed E-state index contributed by atoms with van der Waals surface area (Å²) in [5, 5.41) is 9.98. The van der Waals surface area contributed by atoms with Crippen LogP contribution in [0.5, 0.6) is 0 Å². The van der Waals surface area contributed by atoms with Gasteiger partial charge in [0.1, 0.15) is 10.6 Å². The summed E-state index contributed by atoms with van der Waals surface area (Å²) in [6.45, 7) is 7.43. The van der Waals surface area contributed by atoms with E-state index in [0.717, 1.165) is 22.6 Å². The molecular formula is C13H17N5S. The number of nitrogen functional groups attached to an aromatic ring is 1. The first-order valence-electron chi connectivity index (χ1n) is 6.23. The minimum absolute atomic E-state index is 0.0501. The SMILES string of the molecule is CCN(CC(C)C#N)c1nc(N)nc2sc(C)cc12. The van der Waals surface area contributed by atoms with Crippen LogP contribution in [0.2, 0.25) is 0 Å². The van der Waals surface area contributed by atoms with Crippen LogP contribution in [0.15, 0.2) is 6.07 Å². The van der Waals surface area contributed by atoms with Crippen LogP contribution in [0.25, 0.3) is 10.2 Å². The van der Waals surface area contributed by atoms with Crippen molar-refractivity contribution in [2.24, 2.45) is 5.92 Å². The number of nitrogens with two attached hydrogens (primary N) is 1. The van der Waals surface area contributed by atoms with Crippen LogP contribution in [0, 0.1) is 24.2 Å². The van der Waals surface area contributed by atoms with Crippen LogP contribution in [0.1, 0.15) is 18.7 Å². The van der Waals surface area contributed by atoms with E-state index in [4.69, 9.17) is 11.0 Å². The van der Waals surface area contributed by atoms with Crippen molar-refractivity contribution in [2.75, 3.05) is 23.7 Å². The molecule has 2 heterocycles. The van der Waals surface area contributed by atoms with Gasteiger partial charge in [-0.3, -0.25) is 0 Å². The molecule has 6 heteroatoms. The fraction of sp³-hybridized carbons (Fsp3) is 0.462. The van der Waals surface area contributed by atoms with E-state index in [2.05, 4.69) is 27.0 Å². The van der Waals surface area contributed by atoms with Gasteiger partial charge in [0.15, 0.2) is 0 Å². The van der Waals surface area contributed by atoms with Crippen LogP contribution < -0.4 is 10.6 Å². The first-order valence-corrected chi connectivity index (χ1v) is 7.05. The highest BCUT2D eigenvalue weighted by molar-refractivity contribution is 7.18. The predicted molar refractivity (Wildman–Crippen MR) is 79.2 cm³/mol. The molecule has 2 N–H and O–H groups in total. The third kappa shape index (κ3) is 2.76. The van der Waals surface area contributed by atoms with Crippen molar-refractivity contribution in [2.45, 2.75) is 20.8 Å². The zero-order valence-electron chi connectivity index (χ0n) is 11.3. The number of nitriles is 1.